The molecule has 3 atom stereocenters. The summed E-state index contributed by atoms with van der Waals surface area (Å²) in [6.45, 7) is 3.89. The predicted octanol–water partition coefficient (Wildman–Crippen LogP) is 1.59. The van der Waals surface area contributed by atoms with Gasteiger partial charge in [0.15, 0.2) is 6.29 Å². The SMILES string of the molecule is COC(OC)C(C)(CN)N1CCC2CCCCC21. The molecule has 2 aliphatic rings. The van der Waals surface area contributed by atoms with Gasteiger partial charge in [-0.3, -0.25) is 4.90 Å². The first kappa shape index (κ1) is 14.3. The van der Waals surface area contributed by atoms with Crippen LogP contribution in [0.15, 0.2) is 0 Å². The van der Waals surface area contributed by atoms with E-state index in [1.165, 1.54) is 32.1 Å². The molecule has 0 bridgehead atoms. The number of rotatable bonds is 5. The van der Waals surface area contributed by atoms with Gasteiger partial charge in [0.2, 0.25) is 0 Å². The molecule has 1 aliphatic carbocycles. The minimum Gasteiger partial charge on any atom is -0.354 e. The minimum absolute atomic E-state index is 0.208. The molecule has 3 unspecified atom stereocenters. The summed E-state index contributed by atoms with van der Waals surface area (Å²) < 4.78 is 11.0. The van der Waals surface area contributed by atoms with Crippen LogP contribution in [0.3, 0.4) is 0 Å². The lowest BCUT2D eigenvalue weighted by molar-refractivity contribution is -0.185. The Balaban J connectivity index is 2.16. The molecule has 1 saturated carbocycles. The molecule has 0 aromatic heterocycles. The number of likely N-dealkylation sites (tertiary alicyclic amines) is 1. The molecule has 4 nitrogen and oxygen atoms in total. The largest absolute Gasteiger partial charge is 0.354 e. The van der Waals surface area contributed by atoms with Crippen molar-refractivity contribution in [3.8, 4) is 0 Å². The van der Waals surface area contributed by atoms with Gasteiger partial charge in [0.05, 0.1) is 5.54 Å². The van der Waals surface area contributed by atoms with Crippen molar-refractivity contribution in [2.75, 3.05) is 27.3 Å². The second kappa shape index (κ2) is 5.87. The molecular weight excluding hydrogens is 228 g/mol. The molecule has 4 heteroatoms. The second-order valence-electron chi connectivity index (χ2n) is 5.96. The summed E-state index contributed by atoms with van der Waals surface area (Å²) in [5.41, 5.74) is 5.85. The van der Waals surface area contributed by atoms with Crippen LogP contribution in [-0.2, 0) is 9.47 Å². The van der Waals surface area contributed by atoms with E-state index in [1.54, 1.807) is 14.2 Å². The zero-order valence-electron chi connectivity index (χ0n) is 12.0. The third-order valence-corrected chi connectivity index (χ3v) is 5.02. The first-order valence-electron chi connectivity index (χ1n) is 7.19. The fraction of sp³-hybridized carbons (Fsp3) is 1.00. The fourth-order valence-corrected chi connectivity index (χ4v) is 3.99. The van der Waals surface area contributed by atoms with Crippen LogP contribution in [0.5, 0.6) is 0 Å². The number of nitrogens with two attached hydrogens (primary N) is 1. The van der Waals surface area contributed by atoms with Crippen molar-refractivity contribution in [3.63, 3.8) is 0 Å². The average Bonchev–Trinajstić information content (AvgIpc) is 2.84. The topological polar surface area (TPSA) is 47.7 Å². The monoisotopic (exact) mass is 256 g/mol. The third kappa shape index (κ3) is 2.31. The number of methoxy groups -OCH3 is 2. The summed E-state index contributed by atoms with van der Waals surface area (Å²) >= 11 is 0. The van der Waals surface area contributed by atoms with E-state index in [2.05, 4.69) is 11.8 Å². The Bertz CT molecular complexity index is 271. The van der Waals surface area contributed by atoms with Gasteiger partial charge in [-0.1, -0.05) is 12.8 Å². The summed E-state index contributed by atoms with van der Waals surface area (Å²) in [6.07, 6.45) is 6.49. The molecular formula is C14H28N2O2. The van der Waals surface area contributed by atoms with Gasteiger partial charge in [-0.2, -0.15) is 0 Å². The molecule has 2 fully saturated rings. The first-order chi connectivity index (χ1) is 8.67. The number of nitrogens with zero attached hydrogens (tertiary/aromatic N) is 1. The van der Waals surface area contributed by atoms with Crippen LogP contribution in [-0.4, -0.2) is 50.1 Å². The Morgan fingerprint density at radius 1 is 1.22 bits per heavy atom. The molecule has 0 aromatic rings. The Hall–Kier alpha value is -0.160. The highest BCUT2D eigenvalue weighted by Gasteiger charge is 2.48. The maximum atomic E-state index is 6.06. The van der Waals surface area contributed by atoms with E-state index in [4.69, 9.17) is 15.2 Å². The number of hydrogen-bond donors (Lipinski definition) is 1. The quantitative estimate of drug-likeness (QED) is 0.759. The van der Waals surface area contributed by atoms with Crippen LogP contribution in [0.1, 0.15) is 39.0 Å². The standard InChI is InChI=1S/C14H28N2O2/c1-14(10-15,13(17-2)18-3)16-9-8-11-6-4-5-7-12(11)16/h11-13H,4-10,15H2,1-3H3. The van der Waals surface area contributed by atoms with Crippen molar-refractivity contribution >= 4 is 0 Å². The van der Waals surface area contributed by atoms with Crippen LogP contribution < -0.4 is 5.73 Å². The summed E-state index contributed by atoms with van der Waals surface area (Å²) in [5.74, 6) is 0.860. The average molecular weight is 256 g/mol. The Morgan fingerprint density at radius 2 is 1.89 bits per heavy atom. The van der Waals surface area contributed by atoms with E-state index in [1.807, 2.05) is 0 Å². The van der Waals surface area contributed by atoms with Crippen LogP contribution in [0.25, 0.3) is 0 Å². The molecule has 0 spiro atoms. The van der Waals surface area contributed by atoms with E-state index in [0.717, 1.165) is 12.5 Å². The minimum atomic E-state index is -0.247. The van der Waals surface area contributed by atoms with Crippen LogP contribution in [0.4, 0.5) is 0 Å². The zero-order valence-corrected chi connectivity index (χ0v) is 12.0. The lowest BCUT2D eigenvalue weighted by atomic mass is 9.84. The molecule has 0 radical (unpaired) electrons. The Kier molecular flexibility index (Phi) is 4.64. The molecule has 2 rings (SSSR count). The van der Waals surface area contributed by atoms with Crippen molar-refractivity contribution in [2.24, 2.45) is 11.7 Å². The lowest BCUT2D eigenvalue weighted by Gasteiger charge is -2.46. The van der Waals surface area contributed by atoms with Gasteiger partial charge in [-0.05, 0) is 38.6 Å². The van der Waals surface area contributed by atoms with Crippen molar-refractivity contribution < 1.29 is 9.47 Å². The number of fused-ring (bicyclic) bond motifs is 1. The maximum Gasteiger partial charge on any atom is 0.176 e. The molecule has 1 heterocycles. The van der Waals surface area contributed by atoms with E-state index < -0.39 is 0 Å². The van der Waals surface area contributed by atoms with Gasteiger partial charge in [-0.15, -0.1) is 0 Å². The lowest BCUT2D eigenvalue weighted by Crippen LogP contribution is -2.62. The summed E-state index contributed by atoms with van der Waals surface area (Å²) in [7, 11) is 3.41. The van der Waals surface area contributed by atoms with E-state index in [-0.39, 0.29) is 11.8 Å². The van der Waals surface area contributed by atoms with Crippen LogP contribution in [0, 0.1) is 5.92 Å². The first-order valence-corrected chi connectivity index (χ1v) is 7.19. The Morgan fingerprint density at radius 3 is 2.50 bits per heavy atom. The molecule has 106 valence electrons. The van der Waals surface area contributed by atoms with Gasteiger partial charge in [0.1, 0.15) is 0 Å². The third-order valence-electron chi connectivity index (χ3n) is 5.02. The summed E-state index contributed by atoms with van der Waals surface area (Å²) in [5, 5.41) is 0. The van der Waals surface area contributed by atoms with Crippen LogP contribution >= 0.6 is 0 Å². The van der Waals surface area contributed by atoms with Crippen LogP contribution in [0.2, 0.25) is 0 Å². The Labute approximate surface area is 111 Å². The van der Waals surface area contributed by atoms with Gasteiger partial charge in [-0.25, -0.2) is 0 Å². The summed E-state index contributed by atoms with van der Waals surface area (Å²) in [4.78, 5) is 2.56. The van der Waals surface area contributed by atoms with Crippen molar-refractivity contribution in [3.05, 3.63) is 0 Å². The predicted molar refractivity (Wildman–Crippen MR) is 72.3 cm³/mol. The van der Waals surface area contributed by atoms with Crippen molar-refractivity contribution in [1.82, 2.24) is 4.90 Å². The normalized spacial score (nSPS) is 32.5. The molecule has 1 saturated heterocycles. The molecule has 0 aromatic carbocycles. The smallest absolute Gasteiger partial charge is 0.176 e. The number of ether oxygens (including phenoxy) is 2. The van der Waals surface area contributed by atoms with Gasteiger partial charge >= 0.3 is 0 Å². The van der Waals surface area contributed by atoms with Gasteiger partial charge in [0, 0.05) is 26.8 Å². The van der Waals surface area contributed by atoms with Gasteiger partial charge in [0.25, 0.3) is 0 Å². The highest BCUT2D eigenvalue weighted by atomic mass is 16.7. The maximum absolute atomic E-state index is 6.06. The number of hydrogen-bond acceptors (Lipinski definition) is 4. The highest BCUT2D eigenvalue weighted by Crippen LogP contribution is 2.40. The molecule has 1 aliphatic heterocycles. The molecule has 2 N–H and O–H groups in total. The van der Waals surface area contributed by atoms with E-state index in [0.29, 0.717) is 12.6 Å². The second-order valence-corrected chi connectivity index (χ2v) is 5.96. The zero-order chi connectivity index (χ0) is 13.2. The molecule has 0 amide bonds. The van der Waals surface area contributed by atoms with E-state index >= 15 is 0 Å². The highest BCUT2D eigenvalue weighted by molar-refractivity contribution is 5.01. The van der Waals surface area contributed by atoms with E-state index in [9.17, 15) is 0 Å². The molecule has 18 heavy (non-hydrogen) atoms. The summed E-state index contributed by atoms with van der Waals surface area (Å²) in [6, 6.07) is 0.681. The van der Waals surface area contributed by atoms with Crippen molar-refractivity contribution in [2.45, 2.75) is 56.9 Å². The van der Waals surface area contributed by atoms with Crippen molar-refractivity contribution in [1.29, 1.82) is 0 Å². The fourth-order valence-electron chi connectivity index (χ4n) is 3.99. The van der Waals surface area contributed by atoms with Gasteiger partial charge < -0.3 is 15.2 Å².